The van der Waals surface area contributed by atoms with E-state index in [0.29, 0.717) is 11.3 Å². The van der Waals surface area contributed by atoms with Gasteiger partial charge in [0.25, 0.3) is 0 Å². The number of benzene rings is 2. The molecular weight excluding hydrogens is 314 g/mol. The van der Waals surface area contributed by atoms with Crippen molar-refractivity contribution in [3.05, 3.63) is 58.1 Å². The van der Waals surface area contributed by atoms with Crippen molar-refractivity contribution in [2.24, 2.45) is 0 Å². The van der Waals surface area contributed by atoms with E-state index in [1.165, 1.54) is 5.56 Å². The third-order valence-corrected chi connectivity index (χ3v) is 3.41. The van der Waals surface area contributed by atoms with Gasteiger partial charge in [-0.2, -0.15) is 5.26 Å². The van der Waals surface area contributed by atoms with Crippen LogP contribution in [0.25, 0.3) is 0 Å². The number of ether oxygens (including phenoxy) is 1. The summed E-state index contributed by atoms with van der Waals surface area (Å²) >= 11 is 3.37. The van der Waals surface area contributed by atoms with Gasteiger partial charge in [0.2, 0.25) is 0 Å². The van der Waals surface area contributed by atoms with Crippen molar-refractivity contribution in [3.8, 4) is 17.6 Å². The van der Waals surface area contributed by atoms with Crippen molar-refractivity contribution >= 4 is 15.9 Å². The van der Waals surface area contributed by atoms with E-state index in [4.69, 9.17) is 10.00 Å². The summed E-state index contributed by atoms with van der Waals surface area (Å²) in [5.41, 5.74) is 1.96. The molecule has 3 heteroatoms. The first-order valence-corrected chi connectivity index (χ1v) is 7.17. The SMILES string of the molecule is CC(C)(C)c1ccc(Oc2cc(Br)cc(C#N)c2)cc1. The highest BCUT2D eigenvalue weighted by Gasteiger charge is 2.13. The minimum atomic E-state index is 0.127. The monoisotopic (exact) mass is 329 g/mol. The zero-order valence-corrected chi connectivity index (χ0v) is 13.4. The van der Waals surface area contributed by atoms with Crippen LogP contribution < -0.4 is 4.74 Å². The average molecular weight is 330 g/mol. The zero-order chi connectivity index (χ0) is 14.8. The number of nitriles is 1. The minimum absolute atomic E-state index is 0.127. The minimum Gasteiger partial charge on any atom is -0.457 e. The first kappa shape index (κ1) is 14.6. The highest BCUT2D eigenvalue weighted by molar-refractivity contribution is 9.10. The van der Waals surface area contributed by atoms with Crippen molar-refractivity contribution in [1.82, 2.24) is 0 Å². The van der Waals surface area contributed by atoms with E-state index in [2.05, 4.69) is 54.9 Å². The van der Waals surface area contributed by atoms with Gasteiger partial charge in [0.15, 0.2) is 0 Å². The molecule has 0 aliphatic carbocycles. The van der Waals surface area contributed by atoms with Gasteiger partial charge < -0.3 is 4.74 Å². The van der Waals surface area contributed by atoms with Gasteiger partial charge in [-0.15, -0.1) is 0 Å². The smallest absolute Gasteiger partial charge is 0.129 e. The van der Waals surface area contributed by atoms with Crippen LogP contribution in [0.1, 0.15) is 31.9 Å². The zero-order valence-electron chi connectivity index (χ0n) is 11.8. The van der Waals surface area contributed by atoms with Gasteiger partial charge in [-0.25, -0.2) is 0 Å². The van der Waals surface area contributed by atoms with E-state index in [0.717, 1.165) is 10.2 Å². The Hall–Kier alpha value is -1.79. The van der Waals surface area contributed by atoms with Crippen molar-refractivity contribution in [1.29, 1.82) is 5.26 Å². The van der Waals surface area contributed by atoms with Gasteiger partial charge in [-0.05, 0) is 41.3 Å². The standard InChI is InChI=1S/C17H16BrNO/c1-17(2,3)13-4-6-15(7-5-13)20-16-9-12(11-19)8-14(18)10-16/h4-10H,1-3H3. The second kappa shape index (κ2) is 5.68. The molecule has 0 unspecified atom stereocenters. The number of rotatable bonds is 2. The highest BCUT2D eigenvalue weighted by atomic mass is 79.9. The molecule has 0 atom stereocenters. The fourth-order valence-electron chi connectivity index (χ4n) is 1.85. The lowest BCUT2D eigenvalue weighted by Crippen LogP contribution is -2.10. The maximum Gasteiger partial charge on any atom is 0.129 e. The van der Waals surface area contributed by atoms with E-state index in [1.54, 1.807) is 12.1 Å². The lowest BCUT2D eigenvalue weighted by molar-refractivity contribution is 0.481. The largest absolute Gasteiger partial charge is 0.457 e. The lowest BCUT2D eigenvalue weighted by atomic mass is 9.87. The molecule has 0 bridgehead atoms. The highest BCUT2D eigenvalue weighted by Crippen LogP contribution is 2.29. The summed E-state index contributed by atoms with van der Waals surface area (Å²) in [6.45, 7) is 6.53. The summed E-state index contributed by atoms with van der Waals surface area (Å²) in [6.07, 6.45) is 0. The first-order valence-electron chi connectivity index (χ1n) is 6.37. The molecule has 2 nitrogen and oxygen atoms in total. The normalized spacial score (nSPS) is 10.9. The molecule has 102 valence electrons. The molecule has 2 aromatic carbocycles. The van der Waals surface area contributed by atoms with Crippen LogP contribution in [0.5, 0.6) is 11.5 Å². The van der Waals surface area contributed by atoms with Crippen molar-refractivity contribution in [3.63, 3.8) is 0 Å². The molecule has 0 fully saturated rings. The molecule has 0 aliphatic rings. The Morgan fingerprint density at radius 3 is 2.20 bits per heavy atom. The third-order valence-electron chi connectivity index (χ3n) is 2.96. The van der Waals surface area contributed by atoms with Gasteiger partial charge in [-0.3, -0.25) is 0 Å². The molecule has 2 rings (SSSR count). The van der Waals surface area contributed by atoms with Gasteiger partial charge in [0.1, 0.15) is 11.5 Å². The van der Waals surface area contributed by atoms with Crippen molar-refractivity contribution in [2.75, 3.05) is 0 Å². The van der Waals surface area contributed by atoms with Crippen LogP contribution in [0.4, 0.5) is 0 Å². The van der Waals surface area contributed by atoms with Crippen LogP contribution in [0.15, 0.2) is 46.9 Å². The molecule has 0 radical (unpaired) electrons. The molecule has 0 saturated carbocycles. The van der Waals surface area contributed by atoms with Crippen LogP contribution in [0.3, 0.4) is 0 Å². The lowest BCUT2D eigenvalue weighted by Gasteiger charge is -2.19. The van der Waals surface area contributed by atoms with Gasteiger partial charge in [0.05, 0.1) is 11.6 Å². The second-order valence-corrected chi connectivity index (χ2v) is 6.58. The summed E-state index contributed by atoms with van der Waals surface area (Å²) in [4.78, 5) is 0. The number of halogens is 1. The van der Waals surface area contributed by atoms with Crippen LogP contribution >= 0.6 is 15.9 Å². The molecule has 0 heterocycles. The molecule has 0 amide bonds. The van der Waals surface area contributed by atoms with Gasteiger partial charge >= 0.3 is 0 Å². The quantitative estimate of drug-likeness (QED) is 0.737. The Labute approximate surface area is 128 Å². The molecule has 0 aromatic heterocycles. The summed E-state index contributed by atoms with van der Waals surface area (Å²) < 4.78 is 6.62. The Balaban J connectivity index is 2.23. The summed E-state index contributed by atoms with van der Waals surface area (Å²) in [6, 6.07) is 15.5. The summed E-state index contributed by atoms with van der Waals surface area (Å²) in [5.74, 6) is 1.42. The van der Waals surface area contributed by atoms with Crippen molar-refractivity contribution in [2.45, 2.75) is 26.2 Å². The molecular formula is C17H16BrNO. The summed E-state index contributed by atoms with van der Waals surface area (Å²) in [7, 11) is 0. The van der Waals surface area contributed by atoms with E-state index in [-0.39, 0.29) is 5.41 Å². The van der Waals surface area contributed by atoms with Crippen LogP contribution in [0, 0.1) is 11.3 Å². The summed E-state index contributed by atoms with van der Waals surface area (Å²) in [5, 5.41) is 8.95. The van der Waals surface area contributed by atoms with E-state index in [1.807, 2.05) is 18.2 Å². The molecule has 0 aliphatic heterocycles. The topological polar surface area (TPSA) is 33.0 Å². The fraction of sp³-hybridized carbons (Fsp3) is 0.235. The maximum absolute atomic E-state index is 8.95. The molecule has 20 heavy (non-hydrogen) atoms. The Morgan fingerprint density at radius 1 is 1.00 bits per heavy atom. The second-order valence-electron chi connectivity index (χ2n) is 5.66. The molecule has 0 saturated heterocycles. The van der Waals surface area contributed by atoms with Crippen LogP contribution in [-0.2, 0) is 5.41 Å². The Morgan fingerprint density at radius 2 is 1.65 bits per heavy atom. The Kier molecular flexibility index (Phi) is 4.15. The number of hydrogen-bond donors (Lipinski definition) is 0. The maximum atomic E-state index is 8.95. The molecule has 2 aromatic rings. The fourth-order valence-corrected chi connectivity index (χ4v) is 2.32. The van der Waals surface area contributed by atoms with E-state index >= 15 is 0 Å². The Bertz CT molecular complexity index is 648. The number of nitrogens with zero attached hydrogens (tertiary/aromatic N) is 1. The molecule has 0 spiro atoms. The third kappa shape index (κ3) is 3.61. The van der Waals surface area contributed by atoms with E-state index < -0.39 is 0 Å². The molecule has 0 N–H and O–H groups in total. The van der Waals surface area contributed by atoms with Crippen LogP contribution in [0.2, 0.25) is 0 Å². The van der Waals surface area contributed by atoms with E-state index in [9.17, 15) is 0 Å². The van der Waals surface area contributed by atoms with Crippen LogP contribution in [-0.4, -0.2) is 0 Å². The predicted molar refractivity (Wildman–Crippen MR) is 84.1 cm³/mol. The first-order chi connectivity index (χ1) is 9.38. The van der Waals surface area contributed by atoms with Gasteiger partial charge in [-0.1, -0.05) is 48.8 Å². The number of hydrogen-bond acceptors (Lipinski definition) is 2. The van der Waals surface area contributed by atoms with Gasteiger partial charge in [0, 0.05) is 4.47 Å². The van der Waals surface area contributed by atoms with Crippen molar-refractivity contribution < 1.29 is 4.74 Å². The predicted octanol–water partition coefficient (Wildman–Crippen LogP) is 5.41. The average Bonchev–Trinajstić information content (AvgIpc) is 2.37.